The lowest BCUT2D eigenvalue weighted by Gasteiger charge is -2.18. The van der Waals surface area contributed by atoms with E-state index in [1.165, 1.54) is 11.9 Å². The molecule has 4 unspecified atom stereocenters. The number of imide groups is 1. The fourth-order valence-corrected chi connectivity index (χ4v) is 4.17. The first-order valence-electron chi connectivity index (χ1n) is 8.86. The van der Waals surface area contributed by atoms with Crippen LogP contribution in [0.15, 0.2) is 17.1 Å². The lowest BCUT2D eigenvalue weighted by molar-refractivity contribution is -0.140. The minimum Gasteiger partial charge on any atom is -0.356 e. The predicted molar refractivity (Wildman–Crippen MR) is 89.1 cm³/mol. The van der Waals surface area contributed by atoms with Crippen molar-refractivity contribution < 1.29 is 22.8 Å². The summed E-state index contributed by atoms with van der Waals surface area (Å²) in [5, 5.41) is 5.49. The van der Waals surface area contributed by atoms with Crippen LogP contribution in [0.25, 0.3) is 0 Å². The van der Waals surface area contributed by atoms with E-state index in [-0.39, 0.29) is 48.0 Å². The molecule has 1 saturated heterocycles. The summed E-state index contributed by atoms with van der Waals surface area (Å²) in [5.41, 5.74) is 0. The number of hydrogen-bond donors (Lipinski definition) is 2. The lowest BCUT2D eigenvalue weighted by Crippen LogP contribution is -2.41. The number of carbonyl (C=O) groups is 2. The maximum atomic E-state index is 12.5. The highest BCUT2D eigenvalue weighted by Gasteiger charge is 2.58. The van der Waals surface area contributed by atoms with Gasteiger partial charge in [-0.2, -0.15) is 13.2 Å². The van der Waals surface area contributed by atoms with Gasteiger partial charge in [0.05, 0.1) is 18.3 Å². The molecule has 144 valence electrons. The van der Waals surface area contributed by atoms with E-state index in [1.54, 1.807) is 0 Å². The Bertz CT molecular complexity index is 602. The molecule has 2 aliphatic carbocycles. The third-order valence-electron chi connectivity index (χ3n) is 5.34. The summed E-state index contributed by atoms with van der Waals surface area (Å²) >= 11 is 0. The highest BCUT2D eigenvalue weighted by Crippen LogP contribution is 2.52. The summed E-state index contributed by atoms with van der Waals surface area (Å²) < 4.78 is 36.4. The molecule has 9 heteroatoms. The van der Waals surface area contributed by atoms with Gasteiger partial charge in [-0.15, -0.1) is 0 Å². The van der Waals surface area contributed by atoms with E-state index >= 15 is 0 Å². The molecule has 6 nitrogen and oxygen atoms in total. The van der Waals surface area contributed by atoms with Crippen molar-refractivity contribution in [2.24, 2.45) is 28.7 Å². The van der Waals surface area contributed by atoms with Crippen molar-refractivity contribution >= 4 is 17.8 Å². The number of rotatable bonds is 6. The van der Waals surface area contributed by atoms with Crippen LogP contribution in [-0.4, -0.2) is 55.5 Å². The van der Waals surface area contributed by atoms with Crippen LogP contribution in [0.3, 0.4) is 0 Å². The second-order valence-electron chi connectivity index (χ2n) is 6.97. The maximum Gasteiger partial charge on any atom is 0.390 e. The van der Waals surface area contributed by atoms with E-state index in [1.807, 2.05) is 0 Å². The highest BCUT2D eigenvalue weighted by molar-refractivity contribution is 6.06. The zero-order chi connectivity index (χ0) is 18.9. The zero-order valence-corrected chi connectivity index (χ0v) is 14.6. The summed E-state index contributed by atoms with van der Waals surface area (Å²) in [4.78, 5) is 30.2. The van der Waals surface area contributed by atoms with Crippen molar-refractivity contribution in [2.75, 3.05) is 26.7 Å². The van der Waals surface area contributed by atoms with Crippen molar-refractivity contribution in [3.8, 4) is 0 Å². The Morgan fingerprint density at radius 1 is 1.15 bits per heavy atom. The van der Waals surface area contributed by atoms with Crippen molar-refractivity contribution in [3.05, 3.63) is 12.2 Å². The SMILES string of the molecule is CN=C(NCCCN1C(=O)C2C3C=CC(C3)C2C1=O)NCCC(F)(F)F. The molecule has 0 spiro atoms. The van der Waals surface area contributed by atoms with Gasteiger partial charge >= 0.3 is 6.18 Å². The van der Waals surface area contributed by atoms with Crippen molar-refractivity contribution in [1.29, 1.82) is 0 Å². The van der Waals surface area contributed by atoms with Gasteiger partial charge in [0.1, 0.15) is 0 Å². The predicted octanol–water partition coefficient (Wildman–Crippen LogP) is 1.30. The molecule has 1 heterocycles. The number of likely N-dealkylation sites (tertiary alicyclic amines) is 1. The van der Waals surface area contributed by atoms with E-state index < -0.39 is 12.6 Å². The molecule has 2 amide bonds. The third kappa shape index (κ3) is 3.71. The molecule has 4 atom stereocenters. The minimum absolute atomic E-state index is 0.0791. The Morgan fingerprint density at radius 3 is 2.27 bits per heavy atom. The van der Waals surface area contributed by atoms with Crippen LogP contribution in [0.2, 0.25) is 0 Å². The van der Waals surface area contributed by atoms with Gasteiger partial charge in [-0.25, -0.2) is 0 Å². The Kier molecular flexibility index (Phi) is 5.24. The van der Waals surface area contributed by atoms with Gasteiger partial charge in [0, 0.05) is 26.7 Å². The average molecular weight is 372 g/mol. The molecule has 0 aromatic rings. The molecule has 2 N–H and O–H groups in total. The fourth-order valence-electron chi connectivity index (χ4n) is 4.17. The molecule has 3 rings (SSSR count). The Hall–Kier alpha value is -2.06. The zero-order valence-electron chi connectivity index (χ0n) is 14.6. The molecular weight excluding hydrogens is 349 g/mol. The van der Waals surface area contributed by atoms with Gasteiger partial charge in [0.25, 0.3) is 0 Å². The standard InChI is InChI=1S/C17H23F3N4O2/c1-21-16(23-7-5-17(18,19)20)22-6-2-8-24-14(25)12-10-3-4-11(9-10)13(12)15(24)26/h3-4,10-13H,2,5-9H2,1H3,(H2,21,22,23). The average Bonchev–Trinajstić information content (AvgIpc) is 3.24. The summed E-state index contributed by atoms with van der Waals surface area (Å²) in [5.74, 6) is 0.119. The quantitative estimate of drug-likeness (QED) is 0.242. The molecule has 26 heavy (non-hydrogen) atoms. The van der Waals surface area contributed by atoms with Gasteiger partial charge in [-0.1, -0.05) is 12.2 Å². The molecule has 1 saturated carbocycles. The lowest BCUT2D eigenvalue weighted by atomic mass is 9.85. The maximum absolute atomic E-state index is 12.5. The number of nitrogens with zero attached hydrogens (tertiary/aromatic N) is 2. The van der Waals surface area contributed by atoms with E-state index in [2.05, 4.69) is 27.8 Å². The Labute approximate surface area is 149 Å². The first kappa shape index (κ1) is 18.7. The molecule has 0 aromatic heterocycles. The van der Waals surface area contributed by atoms with E-state index in [0.717, 1.165) is 6.42 Å². The number of amides is 2. The van der Waals surface area contributed by atoms with Crippen molar-refractivity contribution in [1.82, 2.24) is 15.5 Å². The summed E-state index contributed by atoms with van der Waals surface area (Å²) in [7, 11) is 1.47. The number of hydrogen-bond acceptors (Lipinski definition) is 3. The van der Waals surface area contributed by atoms with Crippen LogP contribution in [0.4, 0.5) is 13.2 Å². The first-order valence-corrected chi connectivity index (χ1v) is 8.86. The normalized spacial score (nSPS) is 30.3. The largest absolute Gasteiger partial charge is 0.390 e. The van der Waals surface area contributed by atoms with Crippen LogP contribution in [0.5, 0.6) is 0 Å². The number of aliphatic imine (C=N–C) groups is 1. The minimum atomic E-state index is -4.21. The van der Waals surface area contributed by atoms with Crippen LogP contribution >= 0.6 is 0 Å². The summed E-state index contributed by atoms with van der Waals surface area (Å²) in [6.07, 6.45) is 0.372. The fraction of sp³-hybridized carbons (Fsp3) is 0.706. The molecule has 0 radical (unpaired) electrons. The smallest absolute Gasteiger partial charge is 0.356 e. The second kappa shape index (κ2) is 7.28. The summed E-state index contributed by atoms with van der Waals surface area (Å²) in [6.45, 7) is 0.464. The molecule has 2 fully saturated rings. The monoisotopic (exact) mass is 372 g/mol. The molecule has 2 bridgehead atoms. The van der Waals surface area contributed by atoms with Crippen molar-refractivity contribution in [3.63, 3.8) is 0 Å². The third-order valence-corrected chi connectivity index (χ3v) is 5.34. The highest BCUT2D eigenvalue weighted by atomic mass is 19.4. The number of nitrogens with one attached hydrogen (secondary N) is 2. The second-order valence-corrected chi connectivity index (χ2v) is 6.97. The molecule has 1 aliphatic heterocycles. The van der Waals surface area contributed by atoms with E-state index in [9.17, 15) is 22.8 Å². The summed E-state index contributed by atoms with van der Waals surface area (Å²) in [6, 6.07) is 0. The van der Waals surface area contributed by atoms with Crippen LogP contribution in [-0.2, 0) is 9.59 Å². The Morgan fingerprint density at radius 2 is 1.73 bits per heavy atom. The van der Waals surface area contributed by atoms with Gasteiger partial charge in [0.2, 0.25) is 11.8 Å². The number of halogens is 3. The van der Waals surface area contributed by atoms with Gasteiger partial charge < -0.3 is 10.6 Å². The van der Waals surface area contributed by atoms with Gasteiger partial charge in [0.15, 0.2) is 5.96 Å². The van der Waals surface area contributed by atoms with Crippen molar-refractivity contribution in [2.45, 2.75) is 25.4 Å². The van der Waals surface area contributed by atoms with Gasteiger partial charge in [-0.05, 0) is 24.7 Å². The Balaban J connectivity index is 1.40. The number of carbonyl (C=O) groups excluding carboxylic acids is 2. The molecule has 0 aromatic carbocycles. The first-order chi connectivity index (χ1) is 12.3. The van der Waals surface area contributed by atoms with Crippen LogP contribution in [0.1, 0.15) is 19.3 Å². The van der Waals surface area contributed by atoms with Crippen LogP contribution < -0.4 is 10.6 Å². The number of alkyl halides is 3. The number of allylic oxidation sites excluding steroid dienone is 2. The van der Waals surface area contributed by atoms with E-state index in [0.29, 0.717) is 19.5 Å². The van der Waals surface area contributed by atoms with Gasteiger partial charge in [-0.3, -0.25) is 19.5 Å². The molecular formula is C17H23F3N4O2. The number of fused-ring (bicyclic) bond motifs is 5. The van der Waals surface area contributed by atoms with Crippen LogP contribution in [0, 0.1) is 23.7 Å². The number of guanidine groups is 1. The molecule has 3 aliphatic rings. The topological polar surface area (TPSA) is 73.8 Å². The van der Waals surface area contributed by atoms with E-state index in [4.69, 9.17) is 0 Å².